The average molecular weight is 516 g/mol. The molecule has 0 amide bonds. The number of Topliss-reactive ketones (excluding diaryl/α,β-unsaturated/α-hetero) is 1. The number of aromatic nitrogens is 1. The lowest BCUT2D eigenvalue weighted by molar-refractivity contribution is -0.139. The summed E-state index contributed by atoms with van der Waals surface area (Å²) in [6, 6.07) is 3.43. The quantitative estimate of drug-likeness (QED) is 0.446. The van der Waals surface area contributed by atoms with Crippen LogP contribution in [0.2, 0.25) is 0 Å². The van der Waals surface area contributed by atoms with E-state index < -0.39 is 18.5 Å². The van der Waals surface area contributed by atoms with Gasteiger partial charge in [-0.25, -0.2) is 9.78 Å². The van der Waals surface area contributed by atoms with Crippen molar-refractivity contribution >= 4 is 68.6 Å². The normalized spacial score (nSPS) is 18.1. The molecule has 1 aromatic heterocycles. The number of thiazole rings is 1. The topological polar surface area (TPSA) is 110 Å². The molecule has 1 fully saturated rings. The zero-order valence-electron chi connectivity index (χ0n) is 13.9. The minimum atomic E-state index is -1.08. The van der Waals surface area contributed by atoms with E-state index in [-0.39, 0.29) is 10.8 Å². The molecule has 3 rings (SSSR count). The highest BCUT2D eigenvalue weighted by Gasteiger charge is 2.38. The minimum Gasteiger partial charge on any atom is -0.493 e. The molecule has 1 saturated heterocycles. The van der Waals surface area contributed by atoms with Gasteiger partial charge in [-0.05, 0) is 46.4 Å². The third kappa shape index (κ3) is 4.33. The van der Waals surface area contributed by atoms with Gasteiger partial charge in [0.25, 0.3) is 0 Å². The number of allylic oxidation sites excluding steroid dienone is 1. The summed E-state index contributed by atoms with van der Waals surface area (Å²) in [5, 5.41) is 19.6. The SMILES string of the molecule is COc1cc(/C=C2\SC(=N)[C@@H](c3nccs3)C2=O)cc(I)c1OCC(=O)O. The first-order valence-corrected chi connectivity index (χ1v) is 10.3. The monoisotopic (exact) mass is 516 g/mol. The van der Waals surface area contributed by atoms with Crippen LogP contribution in [0.5, 0.6) is 11.5 Å². The third-order valence-corrected chi connectivity index (χ3v) is 6.21. The van der Waals surface area contributed by atoms with Gasteiger partial charge in [0.1, 0.15) is 10.9 Å². The molecule has 1 aromatic carbocycles. The first-order valence-electron chi connectivity index (χ1n) is 7.54. The maximum atomic E-state index is 12.7. The number of rotatable bonds is 6. The third-order valence-electron chi connectivity index (χ3n) is 3.58. The maximum absolute atomic E-state index is 12.7. The average Bonchev–Trinajstić information content (AvgIpc) is 3.22. The van der Waals surface area contributed by atoms with Crippen LogP contribution in [0, 0.1) is 8.98 Å². The number of methoxy groups -OCH3 is 1. The Morgan fingerprint density at radius 1 is 1.48 bits per heavy atom. The van der Waals surface area contributed by atoms with Crippen molar-refractivity contribution in [1.29, 1.82) is 5.41 Å². The number of thioether (sulfide) groups is 1. The van der Waals surface area contributed by atoms with E-state index >= 15 is 0 Å². The largest absolute Gasteiger partial charge is 0.493 e. The van der Waals surface area contributed by atoms with Crippen molar-refractivity contribution in [3.63, 3.8) is 0 Å². The molecule has 1 aliphatic heterocycles. The van der Waals surface area contributed by atoms with E-state index in [9.17, 15) is 9.59 Å². The van der Waals surface area contributed by atoms with Gasteiger partial charge in [-0.15, -0.1) is 11.3 Å². The number of carbonyl (C=O) groups is 2. The molecule has 2 heterocycles. The summed E-state index contributed by atoms with van der Waals surface area (Å²) in [5.74, 6) is -1.17. The fraction of sp³-hybridized carbons (Fsp3) is 0.176. The fourth-order valence-electron chi connectivity index (χ4n) is 2.44. The number of hydrogen-bond acceptors (Lipinski definition) is 8. The van der Waals surface area contributed by atoms with E-state index in [0.717, 1.165) is 11.8 Å². The molecular weight excluding hydrogens is 503 g/mol. The van der Waals surface area contributed by atoms with Gasteiger partial charge in [0.05, 0.1) is 20.6 Å². The Bertz CT molecular complexity index is 943. The smallest absolute Gasteiger partial charge is 0.341 e. The molecule has 0 saturated carbocycles. The van der Waals surface area contributed by atoms with E-state index in [4.69, 9.17) is 20.0 Å². The molecule has 0 unspecified atom stereocenters. The molecule has 7 nitrogen and oxygen atoms in total. The predicted octanol–water partition coefficient (Wildman–Crippen LogP) is 3.64. The molecule has 140 valence electrons. The van der Waals surface area contributed by atoms with Gasteiger partial charge in [0, 0.05) is 11.6 Å². The molecule has 27 heavy (non-hydrogen) atoms. The molecule has 2 aromatic rings. The molecular formula is C17H13IN2O5S2. The van der Waals surface area contributed by atoms with Crippen LogP contribution in [-0.4, -0.2) is 40.6 Å². The molecule has 10 heteroatoms. The molecule has 1 aliphatic rings. The van der Waals surface area contributed by atoms with Gasteiger partial charge >= 0.3 is 5.97 Å². The number of halogens is 1. The van der Waals surface area contributed by atoms with Crippen molar-refractivity contribution in [1.82, 2.24) is 4.98 Å². The number of aliphatic carboxylic acids is 1. The Hall–Kier alpha value is -1.92. The summed E-state index contributed by atoms with van der Waals surface area (Å²) in [6.07, 6.45) is 3.32. The standard InChI is InChI=1S/C17H13IN2O5S2/c1-24-10-5-8(4-9(18)15(10)25-7-12(21)22)6-11-14(23)13(16(19)27-11)17-20-2-3-26-17/h2-6,13,19H,7H2,1H3,(H,21,22)/b11-6-,19-16?/t13-/m0/s1. The van der Waals surface area contributed by atoms with Crippen LogP contribution in [0.1, 0.15) is 16.5 Å². The molecule has 2 N–H and O–H groups in total. The second-order valence-corrected chi connectivity index (χ2v) is 8.53. The van der Waals surface area contributed by atoms with Crippen LogP contribution in [0.4, 0.5) is 0 Å². The second-order valence-electron chi connectivity index (χ2n) is 5.36. The number of carboxylic acid groups (broad SMARTS) is 1. The summed E-state index contributed by atoms with van der Waals surface area (Å²) in [4.78, 5) is 28.1. The molecule has 0 bridgehead atoms. The van der Waals surface area contributed by atoms with Crippen LogP contribution in [-0.2, 0) is 9.59 Å². The Kier molecular flexibility index (Phi) is 6.17. The second kappa shape index (κ2) is 8.40. The van der Waals surface area contributed by atoms with E-state index in [2.05, 4.69) is 4.98 Å². The number of nitrogens with one attached hydrogen (secondary N) is 1. The highest BCUT2D eigenvalue weighted by molar-refractivity contribution is 14.1. The summed E-state index contributed by atoms with van der Waals surface area (Å²) in [7, 11) is 1.46. The van der Waals surface area contributed by atoms with Crippen molar-refractivity contribution < 1.29 is 24.2 Å². The summed E-state index contributed by atoms with van der Waals surface area (Å²) >= 11 is 4.50. The van der Waals surface area contributed by atoms with E-state index in [0.29, 0.717) is 30.5 Å². The number of benzene rings is 1. The lowest BCUT2D eigenvalue weighted by Gasteiger charge is -2.12. The van der Waals surface area contributed by atoms with Gasteiger partial charge in [-0.3, -0.25) is 10.2 Å². The number of ether oxygens (including phenoxy) is 2. The van der Waals surface area contributed by atoms with Gasteiger partial charge in [0.15, 0.2) is 23.9 Å². The van der Waals surface area contributed by atoms with E-state index in [1.807, 2.05) is 22.6 Å². The highest BCUT2D eigenvalue weighted by atomic mass is 127. The summed E-state index contributed by atoms with van der Waals surface area (Å²) in [5.41, 5.74) is 0.697. The highest BCUT2D eigenvalue weighted by Crippen LogP contribution is 2.42. The summed E-state index contributed by atoms with van der Waals surface area (Å²) < 4.78 is 11.2. The van der Waals surface area contributed by atoms with Gasteiger partial charge < -0.3 is 14.6 Å². The molecule has 0 radical (unpaired) electrons. The number of carbonyl (C=O) groups excluding carboxylic acids is 1. The van der Waals surface area contributed by atoms with Crippen LogP contribution < -0.4 is 9.47 Å². The van der Waals surface area contributed by atoms with Crippen molar-refractivity contribution in [3.05, 3.63) is 42.8 Å². The van der Waals surface area contributed by atoms with Gasteiger partial charge in [-0.2, -0.15) is 0 Å². The van der Waals surface area contributed by atoms with E-state index in [1.54, 1.807) is 29.8 Å². The van der Waals surface area contributed by atoms with Crippen LogP contribution in [0.15, 0.2) is 28.6 Å². The first-order chi connectivity index (χ1) is 12.9. The molecule has 1 atom stereocenters. The Morgan fingerprint density at radius 3 is 2.89 bits per heavy atom. The predicted molar refractivity (Wildman–Crippen MR) is 112 cm³/mol. The van der Waals surface area contributed by atoms with Crippen molar-refractivity contribution in [3.8, 4) is 11.5 Å². The van der Waals surface area contributed by atoms with Crippen LogP contribution in [0.25, 0.3) is 6.08 Å². The van der Waals surface area contributed by atoms with Crippen LogP contribution >= 0.6 is 45.7 Å². The van der Waals surface area contributed by atoms with Gasteiger partial charge in [0.2, 0.25) is 0 Å². The number of nitrogens with zero attached hydrogens (tertiary/aromatic N) is 1. The minimum absolute atomic E-state index is 0.153. The van der Waals surface area contributed by atoms with Crippen LogP contribution in [0.3, 0.4) is 0 Å². The van der Waals surface area contributed by atoms with Crippen molar-refractivity contribution in [2.24, 2.45) is 0 Å². The number of hydrogen-bond donors (Lipinski definition) is 2. The van der Waals surface area contributed by atoms with E-state index in [1.165, 1.54) is 18.4 Å². The number of carboxylic acids is 1. The lowest BCUT2D eigenvalue weighted by atomic mass is 10.0. The zero-order valence-corrected chi connectivity index (χ0v) is 17.7. The fourth-order valence-corrected chi connectivity index (χ4v) is 5.03. The van der Waals surface area contributed by atoms with Crippen molar-refractivity contribution in [2.45, 2.75) is 5.92 Å². The molecule has 0 aliphatic carbocycles. The number of ketones is 1. The first kappa shape index (κ1) is 19.8. The van der Waals surface area contributed by atoms with Crippen molar-refractivity contribution in [2.75, 3.05) is 13.7 Å². The Morgan fingerprint density at radius 2 is 2.26 bits per heavy atom. The maximum Gasteiger partial charge on any atom is 0.341 e. The zero-order chi connectivity index (χ0) is 19.6. The Balaban J connectivity index is 1.91. The van der Waals surface area contributed by atoms with Gasteiger partial charge in [-0.1, -0.05) is 11.8 Å². The Labute approximate surface area is 176 Å². The lowest BCUT2D eigenvalue weighted by Crippen LogP contribution is -2.11. The molecule has 0 spiro atoms. The summed E-state index contributed by atoms with van der Waals surface area (Å²) in [6.45, 7) is -0.478.